The van der Waals surface area contributed by atoms with Crippen LogP contribution in [0.4, 0.5) is 0 Å². The van der Waals surface area contributed by atoms with E-state index in [0.717, 1.165) is 0 Å². The molecule has 8 heteroatoms. The molecular formula is C14H24NO7+. The van der Waals surface area contributed by atoms with Crippen molar-refractivity contribution in [3.05, 3.63) is 23.7 Å². The van der Waals surface area contributed by atoms with Gasteiger partial charge in [0.15, 0.2) is 6.29 Å². The van der Waals surface area contributed by atoms with E-state index in [0.29, 0.717) is 30.9 Å². The minimum Gasteiger partial charge on any atom is -0.512 e. The highest BCUT2D eigenvalue weighted by Crippen LogP contribution is 2.24. The molecule has 1 aliphatic carbocycles. The summed E-state index contributed by atoms with van der Waals surface area (Å²) in [5.41, 5.74) is 3.62. The third-order valence-corrected chi connectivity index (χ3v) is 3.62. The first kappa shape index (κ1) is 17.2. The van der Waals surface area contributed by atoms with Crippen LogP contribution >= 0.6 is 0 Å². The Labute approximate surface area is 128 Å². The topological polar surface area (TPSA) is 136 Å². The van der Waals surface area contributed by atoms with Gasteiger partial charge in [0.05, 0.1) is 24.7 Å². The smallest absolute Gasteiger partial charge is 0.186 e. The molecule has 0 aromatic heterocycles. The van der Waals surface area contributed by atoms with Crippen molar-refractivity contribution >= 4 is 0 Å². The lowest BCUT2D eigenvalue weighted by molar-refractivity contribution is -0.386. The average Bonchev–Trinajstić information content (AvgIpc) is 2.52. The van der Waals surface area contributed by atoms with Gasteiger partial charge in [0, 0.05) is 12.8 Å². The fourth-order valence-corrected chi connectivity index (χ4v) is 2.31. The van der Waals surface area contributed by atoms with Gasteiger partial charge in [-0.2, -0.15) is 0 Å². The fourth-order valence-electron chi connectivity index (χ4n) is 2.31. The molecule has 2 rings (SSSR count). The minimum atomic E-state index is -1.37. The number of quaternary nitrogens is 1. The molecule has 0 amide bonds. The Hall–Kier alpha value is -1.16. The van der Waals surface area contributed by atoms with Gasteiger partial charge >= 0.3 is 0 Å². The molecule has 0 bridgehead atoms. The number of allylic oxidation sites excluding steroid dienone is 4. The van der Waals surface area contributed by atoms with E-state index < -0.39 is 30.7 Å². The van der Waals surface area contributed by atoms with Crippen LogP contribution < -0.4 is 5.73 Å². The van der Waals surface area contributed by atoms with Gasteiger partial charge in [0.25, 0.3) is 0 Å². The standard InChI is InChI=1S/C14H23NO7/c15-5-6-20-14-13(19)12(18)11(17)10(22-14)7-21-9-3-1-8(16)2-4-9/h1,3,10-14,16-19H,2,4-7,15H2/p+1/t10?,11-,12?,13?,14-/m0/s1. The monoisotopic (exact) mass is 318 g/mol. The van der Waals surface area contributed by atoms with Crippen molar-refractivity contribution in [1.29, 1.82) is 0 Å². The first-order valence-electron chi connectivity index (χ1n) is 7.35. The average molecular weight is 318 g/mol. The fraction of sp³-hybridized carbons (Fsp3) is 0.714. The lowest BCUT2D eigenvalue weighted by atomic mass is 9.99. The van der Waals surface area contributed by atoms with Crippen LogP contribution in [0.2, 0.25) is 0 Å². The Bertz CT molecular complexity index is 425. The molecule has 22 heavy (non-hydrogen) atoms. The zero-order valence-electron chi connectivity index (χ0n) is 12.3. The van der Waals surface area contributed by atoms with Crippen LogP contribution in [0.5, 0.6) is 0 Å². The van der Waals surface area contributed by atoms with Crippen LogP contribution in [0.25, 0.3) is 0 Å². The van der Waals surface area contributed by atoms with Gasteiger partial charge in [-0.3, -0.25) is 0 Å². The van der Waals surface area contributed by atoms with Crippen LogP contribution in [0.15, 0.2) is 23.7 Å². The first-order chi connectivity index (χ1) is 10.5. The molecule has 1 fully saturated rings. The Kier molecular flexibility index (Phi) is 6.18. The minimum absolute atomic E-state index is 0.00954. The van der Waals surface area contributed by atoms with E-state index in [1.165, 1.54) is 0 Å². The summed E-state index contributed by atoms with van der Waals surface area (Å²) >= 11 is 0. The third kappa shape index (κ3) is 4.19. The van der Waals surface area contributed by atoms with Crippen LogP contribution in [0, 0.1) is 0 Å². The summed E-state index contributed by atoms with van der Waals surface area (Å²) in [6, 6.07) is 0. The SMILES string of the molecule is [NH3+]CCO[C@H]1OC(COC2=CC=C(O)CC2)[C@H](O)C(O)C1O. The zero-order valence-corrected chi connectivity index (χ0v) is 12.3. The van der Waals surface area contributed by atoms with Gasteiger partial charge in [-0.05, 0) is 12.2 Å². The molecule has 8 nitrogen and oxygen atoms in total. The predicted octanol–water partition coefficient (Wildman–Crippen LogP) is -1.81. The number of aliphatic hydroxyl groups is 4. The zero-order chi connectivity index (χ0) is 16.1. The third-order valence-electron chi connectivity index (χ3n) is 3.62. The summed E-state index contributed by atoms with van der Waals surface area (Å²) in [4.78, 5) is 0. The highest BCUT2D eigenvalue weighted by Gasteiger charge is 2.44. The highest BCUT2D eigenvalue weighted by atomic mass is 16.7. The molecule has 5 atom stereocenters. The molecule has 7 N–H and O–H groups in total. The Balaban J connectivity index is 1.91. The summed E-state index contributed by atoms with van der Waals surface area (Å²) in [6.45, 7) is 0.776. The second-order valence-corrected chi connectivity index (χ2v) is 5.34. The molecule has 0 radical (unpaired) electrons. The Morgan fingerprint density at radius 2 is 1.91 bits per heavy atom. The Morgan fingerprint density at radius 3 is 2.55 bits per heavy atom. The van der Waals surface area contributed by atoms with E-state index >= 15 is 0 Å². The Morgan fingerprint density at radius 1 is 1.14 bits per heavy atom. The molecule has 126 valence electrons. The summed E-state index contributed by atoms with van der Waals surface area (Å²) in [6.07, 6.45) is -1.58. The molecule has 0 spiro atoms. The van der Waals surface area contributed by atoms with Gasteiger partial charge in [-0.1, -0.05) is 0 Å². The molecule has 0 aromatic rings. The molecule has 0 saturated carbocycles. The van der Waals surface area contributed by atoms with Gasteiger partial charge < -0.3 is 40.4 Å². The summed E-state index contributed by atoms with van der Waals surface area (Å²) < 4.78 is 16.3. The van der Waals surface area contributed by atoms with Crippen molar-refractivity contribution in [2.24, 2.45) is 0 Å². The molecule has 0 aromatic carbocycles. The number of hydrogen-bond acceptors (Lipinski definition) is 7. The maximum atomic E-state index is 9.97. The number of aliphatic hydroxyl groups excluding tert-OH is 4. The molecule has 3 unspecified atom stereocenters. The number of hydrogen-bond donors (Lipinski definition) is 5. The largest absolute Gasteiger partial charge is 0.512 e. The van der Waals surface area contributed by atoms with Crippen LogP contribution in [0.1, 0.15) is 12.8 Å². The van der Waals surface area contributed by atoms with Crippen molar-refractivity contribution in [2.75, 3.05) is 19.8 Å². The van der Waals surface area contributed by atoms with Crippen molar-refractivity contribution in [1.82, 2.24) is 0 Å². The summed E-state index contributed by atoms with van der Waals surface area (Å²) in [7, 11) is 0. The van der Waals surface area contributed by atoms with Crippen molar-refractivity contribution in [2.45, 2.75) is 43.5 Å². The van der Waals surface area contributed by atoms with E-state index in [1.54, 1.807) is 12.2 Å². The van der Waals surface area contributed by atoms with Crippen molar-refractivity contribution in [3.8, 4) is 0 Å². The van der Waals surface area contributed by atoms with Crippen molar-refractivity contribution < 1.29 is 40.4 Å². The lowest BCUT2D eigenvalue weighted by Gasteiger charge is -2.40. The second kappa shape index (κ2) is 7.91. The molecular weight excluding hydrogens is 294 g/mol. The van der Waals surface area contributed by atoms with E-state index in [2.05, 4.69) is 5.73 Å². The van der Waals surface area contributed by atoms with E-state index in [1.807, 2.05) is 0 Å². The summed E-state index contributed by atoms with van der Waals surface area (Å²) in [5, 5.41) is 38.9. The van der Waals surface area contributed by atoms with Crippen molar-refractivity contribution in [3.63, 3.8) is 0 Å². The molecule has 1 aliphatic heterocycles. The van der Waals surface area contributed by atoms with Gasteiger partial charge in [-0.15, -0.1) is 0 Å². The maximum Gasteiger partial charge on any atom is 0.186 e. The quantitative estimate of drug-likeness (QED) is 0.389. The van der Waals surface area contributed by atoms with Crippen LogP contribution in [-0.4, -0.2) is 70.9 Å². The van der Waals surface area contributed by atoms with E-state index in [-0.39, 0.29) is 13.2 Å². The van der Waals surface area contributed by atoms with Crippen LogP contribution in [-0.2, 0) is 14.2 Å². The molecule has 2 aliphatic rings. The lowest BCUT2D eigenvalue weighted by Crippen LogP contribution is -2.60. The van der Waals surface area contributed by atoms with Gasteiger partial charge in [-0.25, -0.2) is 0 Å². The van der Waals surface area contributed by atoms with Gasteiger partial charge in [0.1, 0.15) is 31.0 Å². The first-order valence-corrected chi connectivity index (χ1v) is 7.35. The maximum absolute atomic E-state index is 9.97. The van der Waals surface area contributed by atoms with E-state index in [9.17, 15) is 20.4 Å². The van der Waals surface area contributed by atoms with E-state index in [4.69, 9.17) is 14.2 Å². The molecule has 1 heterocycles. The second-order valence-electron chi connectivity index (χ2n) is 5.34. The van der Waals surface area contributed by atoms with Gasteiger partial charge in [0.2, 0.25) is 0 Å². The molecule has 1 saturated heterocycles. The predicted molar refractivity (Wildman–Crippen MR) is 74.4 cm³/mol. The highest BCUT2D eigenvalue weighted by molar-refractivity contribution is 5.16. The van der Waals surface area contributed by atoms with Crippen LogP contribution in [0.3, 0.4) is 0 Å². The summed E-state index contributed by atoms with van der Waals surface area (Å²) in [5.74, 6) is 0.950. The normalized spacial score (nSPS) is 35.7. The number of ether oxygens (including phenoxy) is 3. The number of rotatable bonds is 6.